The molecule has 0 N–H and O–H groups in total. The van der Waals surface area contributed by atoms with E-state index in [1.807, 2.05) is 6.92 Å². The Morgan fingerprint density at radius 3 is 2.16 bits per heavy atom. The Morgan fingerprint density at radius 2 is 1.64 bits per heavy atom. The second kappa shape index (κ2) is 8.75. The van der Waals surface area contributed by atoms with Crippen molar-refractivity contribution in [2.24, 2.45) is 0 Å². The predicted octanol–water partition coefficient (Wildman–Crippen LogP) is 6.45. The highest BCUT2D eigenvalue weighted by Gasteiger charge is 2.17. The zero-order valence-electron chi connectivity index (χ0n) is 16.2. The van der Waals surface area contributed by atoms with Crippen LogP contribution in [0.3, 0.4) is 0 Å². The lowest BCUT2D eigenvalue weighted by atomic mass is 9.93. The molecule has 25 heavy (non-hydrogen) atoms. The molecule has 0 aliphatic heterocycles. The summed E-state index contributed by atoms with van der Waals surface area (Å²) in [6.45, 7) is 10.4. The molecule has 0 bridgehead atoms. The molecule has 0 amide bonds. The Labute approximate surface area is 152 Å². The van der Waals surface area contributed by atoms with Gasteiger partial charge >= 0.3 is 0 Å². The van der Waals surface area contributed by atoms with Crippen LogP contribution in [0.15, 0.2) is 36.9 Å². The second-order valence-corrected chi connectivity index (χ2v) is 6.64. The first-order chi connectivity index (χ1) is 12.0. The van der Waals surface area contributed by atoms with E-state index in [2.05, 4.69) is 50.8 Å². The smallest absolute Gasteiger partial charge is 0.130 e. The molecule has 0 aliphatic rings. The number of aryl methyl sites for hydroxylation is 2. The lowest BCUT2D eigenvalue weighted by molar-refractivity contribution is 0.396. The summed E-state index contributed by atoms with van der Waals surface area (Å²) in [6.07, 6.45) is 4.70. The fourth-order valence-corrected chi connectivity index (χ4v) is 3.11. The number of ether oxygens (including phenoxy) is 2. The van der Waals surface area contributed by atoms with Crippen molar-refractivity contribution >= 4 is 5.57 Å². The molecule has 0 radical (unpaired) electrons. The Morgan fingerprint density at radius 1 is 1.00 bits per heavy atom. The van der Waals surface area contributed by atoms with E-state index in [0.29, 0.717) is 0 Å². The maximum absolute atomic E-state index is 5.74. The summed E-state index contributed by atoms with van der Waals surface area (Å²) in [6, 6.07) is 10.7. The molecule has 0 spiro atoms. The molecule has 0 aromatic heterocycles. The summed E-state index contributed by atoms with van der Waals surface area (Å²) < 4.78 is 11.5. The molecule has 2 heteroatoms. The summed E-state index contributed by atoms with van der Waals surface area (Å²) in [4.78, 5) is 0. The van der Waals surface area contributed by atoms with E-state index in [-0.39, 0.29) is 0 Å². The van der Waals surface area contributed by atoms with Crippen LogP contribution >= 0.6 is 0 Å². The van der Waals surface area contributed by atoms with Gasteiger partial charge in [-0.3, -0.25) is 0 Å². The summed E-state index contributed by atoms with van der Waals surface area (Å²) in [5, 5.41) is 0. The molecular weight excluding hydrogens is 308 g/mol. The number of hydrogen-bond donors (Lipinski definition) is 0. The Bertz CT molecular complexity index is 719. The molecule has 2 aromatic carbocycles. The normalized spacial score (nSPS) is 10.6. The van der Waals surface area contributed by atoms with Crippen LogP contribution in [0.4, 0.5) is 0 Å². The first-order valence-electron chi connectivity index (χ1n) is 9.03. The quantitative estimate of drug-likeness (QED) is 0.515. The van der Waals surface area contributed by atoms with Crippen molar-refractivity contribution in [1.82, 2.24) is 0 Å². The van der Waals surface area contributed by atoms with Crippen molar-refractivity contribution in [3.63, 3.8) is 0 Å². The fraction of sp³-hybridized carbons (Fsp3) is 0.391. The van der Waals surface area contributed by atoms with E-state index in [9.17, 15) is 0 Å². The molecule has 0 aliphatic carbocycles. The topological polar surface area (TPSA) is 18.5 Å². The first-order valence-corrected chi connectivity index (χ1v) is 9.03. The third-order valence-electron chi connectivity index (χ3n) is 4.63. The molecular formula is C23H30O2. The minimum atomic E-state index is 0.868. The number of benzene rings is 2. The summed E-state index contributed by atoms with van der Waals surface area (Å²) in [7, 11) is 3.46. The monoisotopic (exact) mass is 338 g/mol. The van der Waals surface area contributed by atoms with Gasteiger partial charge in [-0.25, -0.2) is 0 Å². The van der Waals surface area contributed by atoms with Crippen molar-refractivity contribution in [2.45, 2.75) is 46.5 Å². The summed E-state index contributed by atoms with van der Waals surface area (Å²) in [5.41, 5.74) is 6.80. The van der Waals surface area contributed by atoms with Gasteiger partial charge in [-0.15, -0.1) is 0 Å². The van der Waals surface area contributed by atoms with E-state index in [1.165, 1.54) is 30.4 Å². The minimum Gasteiger partial charge on any atom is -0.496 e. The average molecular weight is 338 g/mol. The van der Waals surface area contributed by atoms with Gasteiger partial charge in [0.05, 0.1) is 19.8 Å². The van der Waals surface area contributed by atoms with Crippen LogP contribution in [0, 0.1) is 6.92 Å². The highest BCUT2D eigenvalue weighted by atomic mass is 16.5. The number of methoxy groups -OCH3 is 2. The lowest BCUT2D eigenvalue weighted by Gasteiger charge is -2.18. The molecule has 2 aromatic rings. The van der Waals surface area contributed by atoms with E-state index in [4.69, 9.17) is 9.47 Å². The number of allylic oxidation sites excluding steroid dienone is 1. The Kier molecular flexibility index (Phi) is 6.69. The van der Waals surface area contributed by atoms with Gasteiger partial charge in [0.15, 0.2) is 0 Å². The Hall–Kier alpha value is -2.22. The molecule has 2 rings (SSSR count). The maximum atomic E-state index is 5.74. The molecule has 0 heterocycles. The molecule has 0 atom stereocenters. The van der Waals surface area contributed by atoms with Gasteiger partial charge in [-0.2, -0.15) is 0 Å². The van der Waals surface area contributed by atoms with E-state index in [0.717, 1.165) is 40.2 Å². The van der Waals surface area contributed by atoms with Crippen LogP contribution in [-0.2, 0) is 6.42 Å². The van der Waals surface area contributed by atoms with Gasteiger partial charge in [-0.1, -0.05) is 44.1 Å². The van der Waals surface area contributed by atoms with Crippen molar-refractivity contribution < 1.29 is 9.47 Å². The van der Waals surface area contributed by atoms with Crippen LogP contribution < -0.4 is 9.47 Å². The van der Waals surface area contributed by atoms with Gasteiger partial charge in [0.1, 0.15) is 11.5 Å². The lowest BCUT2D eigenvalue weighted by Crippen LogP contribution is -1.98. The van der Waals surface area contributed by atoms with E-state index < -0.39 is 0 Å². The molecule has 0 saturated heterocycles. The maximum Gasteiger partial charge on any atom is 0.130 e. The van der Waals surface area contributed by atoms with Crippen LogP contribution in [0.1, 0.15) is 49.8 Å². The van der Waals surface area contributed by atoms with Gasteiger partial charge in [0, 0.05) is 0 Å². The van der Waals surface area contributed by atoms with Crippen molar-refractivity contribution in [2.75, 3.05) is 14.2 Å². The third-order valence-corrected chi connectivity index (χ3v) is 4.63. The predicted molar refractivity (Wildman–Crippen MR) is 108 cm³/mol. The fourth-order valence-electron chi connectivity index (χ4n) is 3.11. The van der Waals surface area contributed by atoms with Gasteiger partial charge in [-0.05, 0) is 67.1 Å². The highest BCUT2D eigenvalue weighted by Crippen LogP contribution is 2.42. The van der Waals surface area contributed by atoms with Gasteiger partial charge < -0.3 is 9.47 Å². The SMILES string of the molecule is C=C(C)c1ccc(C)c(-c2c(OC)cc(CCCCC)cc2OC)c1. The third kappa shape index (κ3) is 4.45. The summed E-state index contributed by atoms with van der Waals surface area (Å²) in [5.74, 6) is 1.74. The van der Waals surface area contributed by atoms with Crippen LogP contribution in [0.25, 0.3) is 16.7 Å². The summed E-state index contributed by atoms with van der Waals surface area (Å²) >= 11 is 0. The van der Waals surface area contributed by atoms with Gasteiger partial charge in [0.25, 0.3) is 0 Å². The largest absolute Gasteiger partial charge is 0.496 e. The van der Waals surface area contributed by atoms with Crippen molar-refractivity contribution in [3.05, 3.63) is 53.6 Å². The Balaban J connectivity index is 2.56. The van der Waals surface area contributed by atoms with Crippen LogP contribution in [0.2, 0.25) is 0 Å². The van der Waals surface area contributed by atoms with E-state index >= 15 is 0 Å². The zero-order chi connectivity index (χ0) is 18.4. The highest BCUT2D eigenvalue weighted by molar-refractivity contribution is 5.82. The van der Waals surface area contributed by atoms with Crippen LogP contribution in [-0.4, -0.2) is 14.2 Å². The molecule has 0 unspecified atom stereocenters. The zero-order valence-corrected chi connectivity index (χ0v) is 16.2. The van der Waals surface area contributed by atoms with Crippen LogP contribution in [0.5, 0.6) is 11.5 Å². The number of unbranched alkanes of at least 4 members (excludes halogenated alkanes) is 2. The molecule has 0 fully saturated rings. The average Bonchev–Trinajstić information content (AvgIpc) is 2.61. The number of rotatable bonds is 8. The number of hydrogen-bond acceptors (Lipinski definition) is 2. The molecule has 2 nitrogen and oxygen atoms in total. The van der Waals surface area contributed by atoms with Crippen molar-refractivity contribution in [3.8, 4) is 22.6 Å². The van der Waals surface area contributed by atoms with E-state index in [1.54, 1.807) is 14.2 Å². The second-order valence-electron chi connectivity index (χ2n) is 6.64. The van der Waals surface area contributed by atoms with Gasteiger partial charge in [0.2, 0.25) is 0 Å². The minimum absolute atomic E-state index is 0.868. The standard InChI is InChI=1S/C23H30O2/c1-7-8-9-10-18-13-21(24-5)23(22(14-18)25-6)20-15-19(16(2)3)12-11-17(20)4/h11-15H,2,7-10H2,1,3-6H3. The molecule has 0 saturated carbocycles. The molecule has 134 valence electrons. The first kappa shape index (κ1) is 19.1. The van der Waals surface area contributed by atoms with Crippen molar-refractivity contribution in [1.29, 1.82) is 0 Å².